The number of benzene rings is 1. The van der Waals surface area contributed by atoms with Crippen molar-refractivity contribution >= 4 is 23.5 Å². The van der Waals surface area contributed by atoms with Crippen molar-refractivity contribution < 1.29 is 22.4 Å². The SMILES string of the molecule is O=C1N(CCCNc2nc(Nc3cc(F)ccc3C3CC3)ncc2C(F)(F)F)C[C@@H]2CCCN12. The van der Waals surface area contributed by atoms with E-state index in [1.165, 1.54) is 12.1 Å². The Morgan fingerprint density at radius 2 is 2.00 bits per heavy atom. The predicted molar refractivity (Wildman–Crippen MR) is 118 cm³/mol. The summed E-state index contributed by atoms with van der Waals surface area (Å²) in [6.45, 7) is 2.12. The molecule has 11 heteroatoms. The lowest BCUT2D eigenvalue weighted by molar-refractivity contribution is -0.137. The molecule has 1 aromatic carbocycles. The number of carbonyl (C=O) groups is 1. The van der Waals surface area contributed by atoms with Gasteiger partial charge in [-0.05, 0) is 55.7 Å². The van der Waals surface area contributed by atoms with Crippen LogP contribution < -0.4 is 10.6 Å². The number of halogens is 4. The van der Waals surface area contributed by atoms with E-state index in [9.17, 15) is 22.4 Å². The number of hydrogen-bond donors (Lipinski definition) is 2. The van der Waals surface area contributed by atoms with Crippen LogP contribution in [0.4, 0.5) is 39.8 Å². The summed E-state index contributed by atoms with van der Waals surface area (Å²) in [5.41, 5.74) is 0.383. The van der Waals surface area contributed by atoms with Gasteiger partial charge in [0.2, 0.25) is 5.95 Å². The van der Waals surface area contributed by atoms with Crippen LogP contribution in [0.15, 0.2) is 24.4 Å². The first-order valence-corrected chi connectivity index (χ1v) is 11.6. The third kappa shape index (κ3) is 4.74. The second kappa shape index (κ2) is 8.92. The maximum absolute atomic E-state index is 13.8. The number of carbonyl (C=O) groups excluding carboxylic acids is 1. The smallest absolute Gasteiger partial charge is 0.369 e. The van der Waals surface area contributed by atoms with Gasteiger partial charge in [0.05, 0.1) is 6.04 Å². The van der Waals surface area contributed by atoms with Gasteiger partial charge in [0.1, 0.15) is 17.2 Å². The first-order chi connectivity index (χ1) is 16.3. The van der Waals surface area contributed by atoms with Crippen molar-refractivity contribution in [1.82, 2.24) is 19.8 Å². The largest absolute Gasteiger partial charge is 0.421 e. The minimum Gasteiger partial charge on any atom is -0.369 e. The standard InChI is InChI=1S/C23H26F4N6O/c24-15-6-7-17(14-4-5-14)19(11-15)30-21-29-12-18(23(25,26)27)20(31-21)28-8-2-9-32-13-16-3-1-10-33(16)22(32)34/h6-7,11-12,14,16H,1-5,8-10,13H2,(H2,28,29,30,31)/t16-/m0/s1. The lowest BCUT2D eigenvalue weighted by Crippen LogP contribution is -2.33. The van der Waals surface area contributed by atoms with E-state index in [0.717, 1.165) is 44.0 Å². The van der Waals surface area contributed by atoms with Gasteiger partial charge in [-0.15, -0.1) is 0 Å². The predicted octanol–water partition coefficient (Wildman–Crippen LogP) is 4.96. The number of fused-ring (bicyclic) bond motifs is 1. The Kier molecular flexibility index (Phi) is 5.95. The topological polar surface area (TPSA) is 73.4 Å². The summed E-state index contributed by atoms with van der Waals surface area (Å²) < 4.78 is 54.4. The van der Waals surface area contributed by atoms with Gasteiger partial charge in [-0.3, -0.25) is 0 Å². The molecule has 2 saturated heterocycles. The summed E-state index contributed by atoms with van der Waals surface area (Å²) in [5, 5.41) is 5.65. The molecule has 1 saturated carbocycles. The summed E-state index contributed by atoms with van der Waals surface area (Å²) in [7, 11) is 0. The van der Waals surface area contributed by atoms with E-state index in [-0.39, 0.29) is 30.4 Å². The minimum atomic E-state index is -4.63. The van der Waals surface area contributed by atoms with Crippen LogP contribution in [0.5, 0.6) is 0 Å². The molecule has 3 aliphatic rings. The molecule has 2 aromatic rings. The van der Waals surface area contributed by atoms with Gasteiger partial charge in [0.25, 0.3) is 0 Å². The number of nitrogens with zero attached hydrogens (tertiary/aromatic N) is 4. The quantitative estimate of drug-likeness (QED) is 0.415. The maximum atomic E-state index is 13.8. The number of amides is 2. The van der Waals surface area contributed by atoms with Crippen LogP contribution in [-0.2, 0) is 6.18 Å². The van der Waals surface area contributed by atoms with Crippen LogP contribution in [-0.4, -0.2) is 58.0 Å². The van der Waals surface area contributed by atoms with Crippen LogP contribution in [0.25, 0.3) is 0 Å². The van der Waals surface area contributed by atoms with Crippen molar-refractivity contribution in [1.29, 1.82) is 0 Å². The summed E-state index contributed by atoms with van der Waals surface area (Å²) in [5.74, 6) is -0.533. The first kappa shape index (κ1) is 22.7. The molecule has 0 spiro atoms. The van der Waals surface area contributed by atoms with Gasteiger partial charge in [0.15, 0.2) is 0 Å². The second-order valence-corrected chi connectivity index (χ2v) is 9.08. The number of urea groups is 1. The zero-order chi connectivity index (χ0) is 23.9. The van der Waals surface area contributed by atoms with E-state index < -0.39 is 17.6 Å². The Labute approximate surface area is 194 Å². The highest BCUT2D eigenvalue weighted by Gasteiger charge is 2.39. The molecule has 0 unspecified atom stereocenters. The Bertz CT molecular complexity index is 1070. The molecule has 1 atom stereocenters. The number of nitrogens with one attached hydrogen (secondary N) is 2. The Hall–Kier alpha value is -3.11. The zero-order valence-electron chi connectivity index (χ0n) is 18.5. The summed E-state index contributed by atoms with van der Waals surface area (Å²) in [4.78, 5) is 23.9. The average Bonchev–Trinajstić information content (AvgIpc) is 3.44. The van der Waals surface area contributed by atoms with Crippen molar-refractivity contribution in [2.75, 3.05) is 36.8 Å². The molecule has 0 radical (unpaired) electrons. The van der Waals surface area contributed by atoms with Crippen LogP contribution in [0.2, 0.25) is 0 Å². The van der Waals surface area contributed by atoms with E-state index in [2.05, 4.69) is 20.6 Å². The fourth-order valence-electron chi connectivity index (χ4n) is 4.75. The molecule has 34 heavy (non-hydrogen) atoms. The van der Waals surface area contributed by atoms with E-state index in [4.69, 9.17) is 0 Å². The lowest BCUT2D eigenvalue weighted by Gasteiger charge is -2.18. The van der Waals surface area contributed by atoms with Gasteiger partial charge in [0, 0.05) is 38.1 Å². The number of aromatic nitrogens is 2. The highest BCUT2D eigenvalue weighted by Crippen LogP contribution is 2.44. The third-order valence-electron chi connectivity index (χ3n) is 6.59. The summed E-state index contributed by atoms with van der Waals surface area (Å²) >= 11 is 0. The Morgan fingerprint density at radius 3 is 2.74 bits per heavy atom. The van der Waals surface area contributed by atoms with E-state index in [0.29, 0.717) is 31.1 Å². The molecule has 7 nitrogen and oxygen atoms in total. The van der Waals surface area contributed by atoms with Crippen molar-refractivity contribution in [3.63, 3.8) is 0 Å². The highest BCUT2D eigenvalue weighted by molar-refractivity contribution is 5.77. The monoisotopic (exact) mass is 478 g/mol. The molecule has 1 aromatic heterocycles. The molecular weight excluding hydrogens is 452 g/mol. The minimum absolute atomic E-state index is 0.00793. The van der Waals surface area contributed by atoms with Gasteiger partial charge in [-0.1, -0.05) is 6.07 Å². The van der Waals surface area contributed by atoms with E-state index >= 15 is 0 Å². The highest BCUT2D eigenvalue weighted by atomic mass is 19.4. The van der Waals surface area contributed by atoms with Gasteiger partial charge >= 0.3 is 12.2 Å². The molecule has 1 aliphatic carbocycles. The zero-order valence-corrected chi connectivity index (χ0v) is 18.5. The molecule has 0 bridgehead atoms. The van der Waals surface area contributed by atoms with Crippen LogP contribution in [0, 0.1) is 5.82 Å². The summed E-state index contributed by atoms with van der Waals surface area (Å²) in [6.07, 6.45) is 0.568. The van der Waals surface area contributed by atoms with E-state index in [1.807, 2.05) is 4.90 Å². The normalized spacial score (nSPS) is 20.1. The maximum Gasteiger partial charge on any atom is 0.421 e. The number of alkyl halides is 3. The second-order valence-electron chi connectivity index (χ2n) is 9.08. The van der Waals surface area contributed by atoms with Gasteiger partial charge < -0.3 is 20.4 Å². The van der Waals surface area contributed by atoms with Crippen molar-refractivity contribution in [3.8, 4) is 0 Å². The molecule has 5 rings (SSSR count). The molecule has 3 fully saturated rings. The first-order valence-electron chi connectivity index (χ1n) is 11.6. The lowest BCUT2D eigenvalue weighted by atomic mass is 10.1. The Balaban J connectivity index is 1.26. The van der Waals surface area contributed by atoms with Crippen molar-refractivity contribution in [2.45, 2.75) is 50.2 Å². The number of rotatable bonds is 8. The molecule has 3 heterocycles. The molecule has 2 amide bonds. The number of anilines is 3. The molecule has 2 aliphatic heterocycles. The summed E-state index contributed by atoms with van der Waals surface area (Å²) in [6, 6.07) is 4.63. The average molecular weight is 478 g/mol. The molecular formula is C23H26F4N6O. The van der Waals surface area contributed by atoms with Crippen LogP contribution in [0.1, 0.15) is 49.1 Å². The van der Waals surface area contributed by atoms with Crippen LogP contribution in [0.3, 0.4) is 0 Å². The molecule has 182 valence electrons. The molecule has 2 N–H and O–H groups in total. The van der Waals surface area contributed by atoms with Gasteiger partial charge in [-0.25, -0.2) is 14.2 Å². The fourth-order valence-corrected chi connectivity index (χ4v) is 4.75. The van der Waals surface area contributed by atoms with E-state index in [1.54, 1.807) is 11.0 Å². The van der Waals surface area contributed by atoms with Crippen LogP contribution >= 0.6 is 0 Å². The van der Waals surface area contributed by atoms with Gasteiger partial charge in [-0.2, -0.15) is 18.2 Å². The fraction of sp³-hybridized carbons (Fsp3) is 0.522. The van der Waals surface area contributed by atoms with Crippen molar-refractivity contribution in [3.05, 3.63) is 41.3 Å². The number of hydrogen-bond acceptors (Lipinski definition) is 5. The van der Waals surface area contributed by atoms with Crippen molar-refractivity contribution in [2.24, 2.45) is 0 Å². The Morgan fingerprint density at radius 1 is 1.18 bits per heavy atom. The third-order valence-corrected chi connectivity index (χ3v) is 6.59.